The van der Waals surface area contributed by atoms with Crippen LogP contribution in [0.4, 0.5) is 5.00 Å². The third kappa shape index (κ3) is 2.45. The molecular formula is C14H19N3O2S. The van der Waals surface area contributed by atoms with Crippen LogP contribution < -0.4 is 11.1 Å². The molecule has 2 heterocycles. The molecule has 0 spiro atoms. The monoisotopic (exact) mass is 293 g/mol. The Morgan fingerprint density at radius 2 is 2.20 bits per heavy atom. The van der Waals surface area contributed by atoms with Crippen LogP contribution in [0.3, 0.4) is 0 Å². The molecule has 3 N–H and O–H groups in total. The average Bonchev–Trinajstić information content (AvgIpc) is 3.19. The third-order valence-corrected chi connectivity index (χ3v) is 5.15. The van der Waals surface area contributed by atoms with E-state index in [4.69, 9.17) is 5.73 Å². The molecule has 1 aliphatic heterocycles. The maximum atomic E-state index is 11.9. The summed E-state index contributed by atoms with van der Waals surface area (Å²) in [6.45, 7) is 4.91. The van der Waals surface area contributed by atoms with Crippen molar-refractivity contribution in [1.82, 2.24) is 4.90 Å². The van der Waals surface area contributed by atoms with E-state index in [0.29, 0.717) is 10.6 Å². The minimum absolute atomic E-state index is 0.0263. The number of primary amides is 1. The molecular weight excluding hydrogens is 274 g/mol. The Labute approximate surface area is 122 Å². The number of fused-ring (bicyclic) bond motifs is 1. The van der Waals surface area contributed by atoms with Crippen molar-refractivity contribution in [3.05, 3.63) is 16.0 Å². The van der Waals surface area contributed by atoms with Crippen molar-refractivity contribution in [3.8, 4) is 0 Å². The van der Waals surface area contributed by atoms with Crippen molar-refractivity contribution in [3.63, 3.8) is 0 Å². The molecule has 6 heteroatoms. The van der Waals surface area contributed by atoms with Crippen LogP contribution in [-0.2, 0) is 17.8 Å². The molecule has 5 nitrogen and oxygen atoms in total. The first-order valence-electron chi connectivity index (χ1n) is 7.07. The number of hydrogen-bond acceptors (Lipinski definition) is 4. The zero-order valence-electron chi connectivity index (χ0n) is 11.6. The van der Waals surface area contributed by atoms with Crippen molar-refractivity contribution >= 4 is 28.2 Å². The number of likely N-dealkylation sites (N-methyl/N-ethyl adjacent to an activating group) is 1. The fraction of sp³-hybridized carbons (Fsp3) is 0.571. The number of nitrogens with zero attached hydrogens (tertiary/aromatic N) is 1. The van der Waals surface area contributed by atoms with Gasteiger partial charge in [0.1, 0.15) is 5.00 Å². The molecule has 2 amide bonds. The normalized spacial score (nSPS) is 18.6. The van der Waals surface area contributed by atoms with Crippen LogP contribution in [0.1, 0.15) is 40.6 Å². The van der Waals surface area contributed by atoms with E-state index in [9.17, 15) is 9.59 Å². The van der Waals surface area contributed by atoms with E-state index in [0.717, 1.165) is 49.3 Å². The van der Waals surface area contributed by atoms with Gasteiger partial charge in [0.2, 0.25) is 5.91 Å². The number of carbonyl (C=O) groups excluding carboxylic acids is 2. The SMILES string of the molecule is CCN1CCc2c(sc(NC(=O)C3CC3)c2C(N)=O)C1. The standard InChI is InChI=1S/C14H19N3O2S/c1-2-17-6-5-9-10(7-17)20-14(11(9)12(15)18)16-13(19)8-3-4-8/h8H,2-7H2,1H3,(H2,15,18)(H,16,19). The van der Waals surface area contributed by atoms with Gasteiger partial charge in [-0.1, -0.05) is 6.92 Å². The van der Waals surface area contributed by atoms with Crippen molar-refractivity contribution in [2.75, 3.05) is 18.4 Å². The topological polar surface area (TPSA) is 75.4 Å². The highest BCUT2D eigenvalue weighted by molar-refractivity contribution is 7.17. The Balaban J connectivity index is 1.91. The number of carbonyl (C=O) groups is 2. The van der Waals surface area contributed by atoms with Crippen molar-refractivity contribution in [2.45, 2.75) is 32.7 Å². The quantitative estimate of drug-likeness (QED) is 0.885. The highest BCUT2D eigenvalue weighted by Gasteiger charge is 2.32. The Morgan fingerprint density at radius 1 is 1.45 bits per heavy atom. The van der Waals surface area contributed by atoms with Gasteiger partial charge in [0.15, 0.2) is 0 Å². The highest BCUT2D eigenvalue weighted by Crippen LogP contribution is 2.38. The molecule has 1 fully saturated rings. The number of rotatable bonds is 4. The fourth-order valence-electron chi connectivity index (χ4n) is 2.63. The Bertz CT molecular complexity index is 563. The average molecular weight is 293 g/mol. The zero-order valence-corrected chi connectivity index (χ0v) is 12.4. The number of anilines is 1. The van der Waals surface area contributed by atoms with E-state index in [1.54, 1.807) is 0 Å². The predicted molar refractivity (Wildman–Crippen MR) is 78.8 cm³/mol. The molecule has 20 heavy (non-hydrogen) atoms. The molecule has 0 bridgehead atoms. The summed E-state index contributed by atoms with van der Waals surface area (Å²) >= 11 is 1.51. The van der Waals surface area contributed by atoms with Crippen LogP contribution in [0, 0.1) is 5.92 Å². The largest absolute Gasteiger partial charge is 0.365 e. The van der Waals surface area contributed by atoms with Gasteiger partial charge in [-0.15, -0.1) is 11.3 Å². The molecule has 0 saturated heterocycles. The maximum Gasteiger partial charge on any atom is 0.251 e. The molecule has 2 aliphatic rings. The molecule has 1 aromatic rings. The Hall–Kier alpha value is -1.40. The molecule has 1 saturated carbocycles. The van der Waals surface area contributed by atoms with Crippen LogP contribution in [-0.4, -0.2) is 29.8 Å². The Morgan fingerprint density at radius 3 is 2.80 bits per heavy atom. The van der Waals surface area contributed by atoms with E-state index >= 15 is 0 Å². The summed E-state index contributed by atoms with van der Waals surface area (Å²) < 4.78 is 0. The van der Waals surface area contributed by atoms with Gasteiger partial charge >= 0.3 is 0 Å². The summed E-state index contributed by atoms with van der Waals surface area (Å²) in [5.41, 5.74) is 7.10. The van der Waals surface area contributed by atoms with Crippen molar-refractivity contribution in [2.24, 2.45) is 11.7 Å². The summed E-state index contributed by atoms with van der Waals surface area (Å²) in [4.78, 5) is 27.1. The van der Waals surface area contributed by atoms with Crippen LogP contribution in [0.2, 0.25) is 0 Å². The summed E-state index contributed by atoms with van der Waals surface area (Å²) in [5.74, 6) is -0.279. The highest BCUT2D eigenvalue weighted by atomic mass is 32.1. The van der Waals surface area contributed by atoms with Gasteiger partial charge in [0.05, 0.1) is 5.56 Å². The van der Waals surface area contributed by atoms with Crippen molar-refractivity contribution in [1.29, 1.82) is 0 Å². The third-order valence-electron chi connectivity index (χ3n) is 4.01. The van der Waals surface area contributed by atoms with E-state index in [2.05, 4.69) is 17.1 Å². The first kappa shape index (κ1) is 13.6. The van der Waals surface area contributed by atoms with Crippen molar-refractivity contribution < 1.29 is 9.59 Å². The molecule has 108 valence electrons. The number of thiophene rings is 1. The first-order chi connectivity index (χ1) is 9.60. The first-order valence-corrected chi connectivity index (χ1v) is 7.89. The van der Waals surface area contributed by atoms with E-state index in [1.165, 1.54) is 11.3 Å². The van der Waals surface area contributed by atoms with E-state index in [-0.39, 0.29) is 11.8 Å². The van der Waals surface area contributed by atoms with Gasteiger partial charge in [0.25, 0.3) is 5.91 Å². The minimum atomic E-state index is -0.432. The maximum absolute atomic E-state index is 11.9. The van der Waals surface area contributed by atoms with Crippen LogP contribution in [0.15, 0.2) is 0 Å². The van der Waals surface area contributed by atoms with Gasteiger partial charge in [0, 0.05) is 23.9 Å². The molecule has 0 atom stereocenters. The van der Waals surface area contributed by atoms with E-state index in [1.807, 2.05) is 0 Å². The summed E-state index contributed by atoms with van der Waals surface area (Å²) in [7, 11) is 0. The van der Waals surface area contributed by atoms with Crippen LogP contribution in [0.5, 0.6) is 0 Å². The molecule has 1 aromatic heterocycles. The van der Waals surface area contributed by atoms with Gasteiger partial charge in [-0.3, -0.25) is 14.5 Å². The molecule has 0 aromatic carbocycles. The van der Waals surface area contributed by atoms with Gasteiger partial charge in [-0.25, -0.2) is 0 Å². The van der Waals surface area contributed by atoms with Gasteiger partial charge < -0.3 is 11.1 Å². The van der Waals surface area contributed by atoms with Gasteiger partial charge in [-0.05, 0) is 31.4 Å². The molecule has 1 aliphatic carbocycles. The van der Waals surface area contributed by atoms with Crippen LogP contribution >= 0.6 is 11.3 Å². The zero-order chi connectivity index (χ0) is 14.3. The lowest BCUT2D eigenvalue weighted by Gasteiger charge is -2.25. The minimum Gasteiger partial charge on any atom is -0.365 e. The lowest BCUT2D eigenvalue weighted by Crippen LogP contribution is -2.30. The summed E-state index contributed by atoms with van der Waals surface area (Å²) in [5, 5.41) is 3.55. The summed E-state index contributed by atoms with van der Waals surface area (Å²) in [6.07, 6.45) is 2.73. The van der Waals surface area contributed by atoms with E-state index < -0.39 is 5.91 Å². The lowest BCUT2D eigenvalue weighted by molar-refractivity contribution is -0.117. The second-order valence-electron chi connectivity index (χ2n) is 5.45. The lowest BCUT2D eigenvalue weighted by atomic mass is 10.0. The summed E-state index contributed by atoms with van der Waals surface area (Å²) in [6, 6.07) is 0. The smallest absolute Gasteiger partial charge is 0.251 e. The number of amides is 2. The molecule has 0 unspecified atom stereocenters. The second kappa shape index (κ2) is 5.18. The molecule has 0 radical (unpaired) electrons. The number of hydrogen-bond donors (Lipinski definition) is 2. The Kier molecular flexibility index (Phi) is 3.52. The van der Waals surface area contributed by atoms with Crippen LogP contribution in [0.25, 0.3) is 0 Å². The number of nitrogens with two attached hydrogens (primary N) is 1. The molecule has 3 rings (SSSR count). The fourth-order valence-corrected chi connectivity index (χ4v) is 3.93. The second-order valence-corrected chi connectivity index (χ2v) is 6.56. The predicted octanol–water partition coefficient (Wildman–Crippen LogP) is 1.57. The van der Waals surface area contributed by atoms with Gasteiger partial charge in [-0.2, -0.15) is 0 Å². The number of nitrogens with one attached hydrogen (secondary N) is 1.